The lowest BCUT2D eigenvalue weighted by Gasteiger charge is -2.26. The summed E-state index contributed by atoms with van der Waals surface area (Å²) >= 11 is 0. The Kier molecular flexibility index (Phi) is 6.17. The van der Waals surface area contributed by atoms with Gasteiger partial charge in [-0.1, -0.05) is 44.7 Å². The van der Waals surface area contributed by atoms with Gasteiger partial charge in [0.2, 0.25) is 5.91 Å². The number of benzene rings is 1. The number of halogens is 3. The van der Waals surface area contributed by atoms with E-state index in [1.807, 2.05) is 26.0 Å². The number of aliphatic hydroxyl groups is 1. The summed E-state index contributed by atoms with van der Waals surface area (Å²) in [5.74, 6) is -0.480. The minimum absolute atomic E-state index is 0.00759. The molecule has 1 atom stereocenters. The predicted octanol–water partition coefficient (Wildman–Crippen LogP) is 3.25. The first-order chi connectivity index (χ1) is 10.2. The lowest BCUT2D eigenvalue weighted by atomic mass is 9.97. The van der Waals surface area contributed by atoms with Crippen molar-refractivity contribution < 1.29 is 23.1 Å². The number of rotatable bonds is 6. The van der Waals surface area contributed by atoms with E-state index in [4.69, 9.17) is 0 Å². The second-order valence-corrected chi connectivity index (χ2v) is 5.33. The molecule has 1 aromatic carbocycles. The molecule has 22 heavy (non-hydrogen) atoms. The molecule has 0 spiro atoms. The first-order valence-electron chi connectivity index (χ1n) is 6.90. The molecule has 0 aliphatic rings. The Morgan fingerprint density at radius 1 is 1.36 bits per heavy atom. The molecule has 1 N–H and O–H groups in total. The third-order valence-electron chi connectivity index (χ3n) is 3.30. The van der Waals surface area contributed by atoms with E-state index in [0.717, 1.165) is 22.1 Å². The van der Waals surface area contributed by atoms with Gasteiger partial charge in [0.25, 0.3) is 0 Å². The van der Waals surface area contributed by atoms with Crippen molar-refractivity contribution in [1.29, 1.82) is 0 Å². The average Bonchev–Trinajstić information content (AvgIpc) is 2.44. The Morgan fingerprint density at radius 3 is 2.45 bits per heavy atom. The van der Waals surface area contributed by atoms with E-state index in [1.165, 1.54) is 0 Å². The van der Waals surface area contributed by atoms with Gasteiger partial charge in [-0.15, -0.1) is 0 Å². The lowest BCUT2D eigenvalue weighted by molar-refractivity contribution is -0.208. The van der Waals surface area contributed by atoms with E-state index >= 15 is 0 Å². The van der Waals surface area contributed by atoms with Crippen LogP contribution in [0, 0.1) is 0 Å². The average molecular weight is 315 g/mol. The molecule has 0 saturated heterocycles. The van der Waals surface area contributed by atoms with Gasteiger partial charge in [-0.05, 0) is 23.1 Å². The first kappa shape index (κ1) is 18.2. The fourth-order valence-electron chi connectivity index (χ4n) is 2.12. The molecule has 1 aromatic rings. The first-order valence-corrected chi connectivity index (χ1v) is 6.90. The van der Waals surface area contributed by atoms with Crippen LogP contribution in [-0.4, -0.2) is 34.7 Å². The number of amides is 1. The molecule has 122 valence electrons. The van der Waals surface area contributed by atoms with Crippen molar-refractivity contribution in [2.75, 3.05) is 6.54 Å². The van der Waals surface area contributed by atoms with Gasteiger partial charge >= 0.3 is 6.18 Å². The largest absolute Gasteiger partial charge is 0.416 e. The summed E-state index contributed by atoms with van der Waals surface area (Å²) in [6.45, 7) is 6.39. The molecular formula is C16H20F3NO2. The zero-order valence-electron chi connectivity index (χ0n) is 12.6. The molecule has 1 amide bonds. The zero-order chi connectivity index (χ0) is 16.9. The van der Waals surface area contributed by atoms with Crippen LogP contribution in [0.25, 0.3) is 0 Å². The van der Waals surface area contributed by atoms with Crippen LogP contribution in [0.1, 0.15) is 30.9 Å². The van der Waals surface area contributed by atoms with Crippen molar-refractivity contribution in [3.8, 4) is 0 Å². The van der Waals surface area contributed by atoms with Crippen molar-refractivity contribution in [1.82, 2.24) is 4.90 Å². The summed E-state index contributed by atoms with van der Waals surface area (Å²) in [6, 6.07) is 7.23. The molecule has 3 nitrogen and oxygen atoms in total. The molecular weight excluding hydrogens is 295 g/mol. The summed E-state index contributed by atoms with van der Waals surface area (Å²) in [7, 11) is 0. The minimum Gasteiger partial charge on any atom is -0.382 e. The summed E-state index contributed by atoms with van der Waals surface area (Å²) in [5, 5.41) is 9.20. The van der Waals surface area contributed by atoms with E-state index < -0.39 is 24.7 Å². The van der Waals surface area contributed by atoms with E-state index in [9.17, 15) is 23.1 Å². The number of hydrogen-bond acceptors (Lipinski definition) is 2. The van der Waals surface area contributed by atoms with Crippen LogP contribution < -0.4 is 0 Å². The molecule has 0 aliphatic carbocycles. The summed E-state index contributed by atoms with van der Waals surface area (Å²) < 4.78 is 37.5. The fourth-order valence-corrected chi connectivity index (χ4v) is 2.12. The van der Waals surface area contributed by atoms with E-state index in [0.29, 0.717) is 0 Å². The number of aliphatic hydroxyl groups excluding tert-OH is 1. The van der Waals surface area contributed by atoms with E-state index in [2.05, 4.69) is 6.58 Å². The van der Waals surface area contributed by atoms with Crippen molar-refractivity contribution in [2.24, 2.45) is 0 Å². The Labute approximate surface area is 128 Å². The highest BCUT2D eigenvalue weighted by Crippen LogP contribution is 2.24. The van der Waals surface area contributed by atoms with E-state index in [-0.39, 0.29) is 12.5 Å². The molecule has 0 saturated carbocycles. The van der Waals surface area contributed by atoms with Gasteiger partial charge < -0.3 is 10.0 Å². The Balaban J connectivity index is 3.00. The highest BCUT2D eigenvalue weighted by Gasteiger charge is 2.39. The number of nitrogens with zero attached hydrogens (tertiary/aromatic N) is 1. The molecule has 0 aromatic heterocycles. The quantitative estimate of drug-likeness (QED) is 0.819. The maximum Gasteiger partial charge on any atom is 0.416 e. The molecule has 1 rings (SSSR count). The highest BCUT2D eigenvalue weighted by molar-refractivity contribution is 5.87. The number of alkyl halides is 3. The third kappa shape index (κ3) is 4.87. The maximum atomic E-state index is 12.5. The zero-order valence-corrected chi connectivity index (χ0v) is 12.6. The molecule has 0 fully saturated rings. The van der Waals surface area contributed by atoms with Crippen molar-refractivity contribution >= 4 is 5.91 Å². The third-order valence-corrected chi connectivity index (χ3v) is 3.30. The van der Waals surface area contributed by atoms with Crippen molar-refractivity contribution in [3.05, 3.63) is 48.0 Å². The monoisotopic (exact) mass is 315 g/mol. The summed E-state index contributed by atoms with van der Waals surface area (Å²) in [6.07, 6.45) is -6.40. The number of carbonyl (C=O) groups is 1. The lowest BCUT2D eigenvalue weighted by Crippen LogP contribution is -2.43. The van der Waals surface area contributed by atoms with Gasteiger partial charge in [0.1, 0.15) is 0 Å². The van der Waals surface area contributed by atoms with E-state index in [1.54, 1.807) is 12.1 Å². The van der Waals surface area contributed by atoms with Crippen LogP contribution in [0.15, 0.2) is 36.9 Å². The van der Waals surface area contributed by atoms with Crippen molar-refractivity contribution in [3.63, 3.8) is 0 Å². The molecule has 0 aliphatic heterocycles. The Hall–Kier alpha value is -1.82. The Bertz CT molecular complexity index is 526. The minimum atomic E-state index is -4.77. The smallest absolute Gasteiger partial charge is 0.382 e. The second-order valence-electron chi connectivity index (χ2n) is 5.33. The Morgan fingerprint density at radius 2 is 1.95 bits per heavy atom. The normalized spacial score (nSPS) is 13.0. The van der Waals surface area contributed by atoms with Crippen molar-refractivity contribution in [2.45, 2.75) is 38.6 Å². The van der Waals surface area contributed by atoms with Crippen LogP contribution >= 0.6 is 0 Å². The standard InChI is InChI=1S/C16H20F3NO2/c1-4-15(22)20(10-14(21)16(17,18)19)9-12-7-5-6-8-13(12)11(2)3/h4-8,11,14,21H,1,9-10H2,2-3H3/t14-/m0/s1. The summed E-state index contributed by atoms with van der Waals surface area (Å²) in [5.41, 5.74) is 1.70. The molecule has 0 radical (unpaired) electrons. The SMILES string of the molecule is C=CC(=O)N(Cc1ccccc1C(C)C)C[C@H](O)C(F)(F)F. The number of carbonyl (C=O) groups excluding carboxylic acids is 1. The topological polar surface area (TPSA) is 40.5 Å². The second kappa shape index (κ2) is 7.45. The van der Waals surface area contributed by atoms with Crippen LogP contribution in [0.2, 0.25) is 0 Å². The maximum absolute atomic E-state index is 12.5. The van der Waals surface area contributed by atoms with Gasteiger partial charge in [-0.2, -0.15) is 13.2 Å². The predicted molar refractivity (Wildman–Crippen MR) is 78.2 cm³/mol. The van der Waals surface area contributed by atoms with Gasteiger partial charge in [0.15, 0.2) is 6.10 Å². The van der Waals surface area contributed by atoms with Crippen LogP contribution in [0.5, 0.6) is 0 Å². The van der Waals surface area contributed by atoms with Gasteiger partial charge in [-0.25, -0.2) is 0 Å². The summed E-state index contributed by atoms with van der Waals surface area (Å²) in [4.78, 5) is 12.7. The van der Waals surface area contributed by atoms with Crippen LogP contribution in [0.3, 0.4) is 0 Å². The molecule has 0 unspecified atom stereocenters. The fraction of sp³-hybridized carbons (Fsp3) is 0.438. The highest BCUT2D eigenvalue weighted by atomic mass is 19.4. The van der Waals surface area contributed by atoms with Crippen LogP contribution in [0.4, 0.5) is 13.2 Å². The molecule has 0 heterocycles. The molecule has 0 bridgehead atoms. The number of hydrogen-bond donors (Lipinski definition) is 1. The van der Waals surface area contributed by atoms with Gasteiger partial charge in [0, 0.05) is 6.54 Å². The van der Waals surface area contributed by atoms with Gasteiger partial charge in [0.05, 0.1) is 6.54 Å². The molecule has 6 heteroatoms. The van der Waals surface area contributed by atoms with Crippen LogP contribution in [-0.2, 0) is 11.3 Å². The van der Waals surface area contributed by atoms with Gasteiger partial charge in [-0.3, -0.25) is 4.79 Å².